The predicted octanol–water partition coefficient (Wildman–Crippen LogP) is 2.12. The highest BCUT2D eigenvalue weighted by Crippen LogP contribution is 2.40. The highest BCUT2D eigenvalue weighted by molar-refractivity contribution is 5.94. The molecule has 0 aromatic carbocycles. The first-order valence-corrected chi connectivity index (χ1v) is 11.3. The number of urea groups is 1. The first-order valence-electron chi connectivity index (χ1n) is 11.3. The lowest BCUT2D eigenvalue weighted by Crippen LogP contribution is -2.60. The van der Waals surface area contributed by atoms with Crippen LogP contribution in [0.25, 0.3) is 0 Å². The van der Waals surface area contributed by atoms with Gasteiger partial charge in [-0.1, -0.05) is 39.5 Å². The van der Waals surface area contributed by atoms with E-state index in [1.807, 2.05) is 6.92 Å². The van der Waals surface area contributed by atoms with E-state index >= 15 is 0 Å². The molecule has 0 radical (unpaired) electrons. The minimum absolute atomic E-state index is 0.0741. The average molecular weight is 423 g/mol. The van der Waals surface area contributed by atoms with Crippen LogP contribution in [0.1, 0.15) is 78.6 Å². The van der Waals surface area contributed by atoms with E-state index in [1.165, 1.54) is 14.0 Å². The second-order valence-corrected chi connectivity index (χ2v) is 9.02. The van der Waals surface area contributed by atoms with Gasteiger partial charge in [0.15, 0.2) is 5.78 Å². The molecule has 170 valence electrons. The van der Waals surface area contributed by atoms with E-state index in [0.29, 0.717) is 19.4 Å². The van der Waals surface area contributed by atoms with Crippen LogP contribution in [0.15, 0.2) is 0 Å². The summed E-state index contributed by atoms with van der Waals surface area (Å²) in [7, 11) is 1.53. The molecule has 2 rings (SSSR count). The maximum Gasteiger partial charge on any atom is 0.315 e. The minimum atomic E-state index is -0.676. The van der Waals surface area contributed by atoms with Gasteiger partial charge in [-0.05, 0) is 44.4 Å². The molecule has 0 aromatic heterocycles. The van der Waals surface area contributed by atoms with Gasteiger partial charge in [0.2, 0.25) is 11.8 Å². The highest BCUT2D eigenvalue weighted by atomic mass is 16.2. The number of likely N-dealkylation sites (tertiary alicyclic amines) is 1. The largest absolute Gasteiger partial charge is 0.345 e. The fourth-order valence-electron chi connectivity index (χ4n) is 4.79. The number of nitrogens with one attached hydrogen (secondary N) is 3. The van der Waals surface area contributed by atoms with E-state index in [4.69, 9.17) is 0 Å². The molecule has 30 heavy (non-hydrogen) atoms. The molecular formula is C22H38N4O4. The fourth-order valence-corrected chi connectivity index (χ4v) is 4.79. The van der Waals surface area contributed by atoms with Crippen molar-refractivity contribution < 1.29 is 19.2 Å². The molecule has 0 spiro atoms. The minimum Gasteiger partial charge on any atom is -0.345 e. The van der Waals surface area contributed by atoms with Crippen LogP contribution in [-0.2, 0) is 14.4 Å². The van der Waals surface area contributed by atoms with Gasteiger partial charge < -0.3 is 20.9 Å². The molecular weight excluding hydrogens is 384 g/mol. The number of carbonyl (C=O) groups is 4. The summed E-state index contributed by atoms with van der Waals surface area (Å²) in [6, 6.07) is -2.18. The zero-order chi connectivity index (χ0) is 22.3. The molecule has 0 bridgehead atoms. The van der Waals surface area contributed by atoms with Crippen molar-refractivity contribution in [3.8, 4) is 0 Å². The Morgan fingerprint density at radius 1 is 1.07 bits per heavy atom. The van der Waals surface area contributed by atoms with Crippen molar-refractivity contribution in [3.05, 3.63) is 0 Å². The Labute approximate surface area is 179 Å². The topological polar surface area (TPSA) is 108 Å². The Kier molecular flexibility index (Phi) is 8.67. The Bertz CT molecular complexity index is 645. The summed E-state index contributed by atoms with van der Waals surface area (Å²) < 4.78 is 0. The molecule has 3 N–H and O–H groups in total. The maximum atomic E-state index is 13.6. The number of Topliss-reactive ketones (excluding diaryl/α,β-unsaturated/α-hetero) is 1. The summed E-state index contributed by atoms with van der Waals surface area (Å²) in [5.74, 6) is -0.549. The van der Waals surface area contributed by atoms with Crippen molar-refractivity contribution in [2.45, 2.75) is 96.7 Å². The molecule has 2 aliphatic rings. The Balaban J connectivity index is 2.19. The van der Waals surface area contributed by atoms with Gasteiger partial charge in [0.1, 0.15) is 12.1 Å². The van der Waals surface area contributed by atoms with Gasteiger partial charge in [0.05, 0.1) is 6.04 Å². The van der Waals surface area contributed by atoms with Gasteiger partial charge in [0, 0.05) is 13.6 Å². The molecule has 1 saturated heterocycles. The summed E-state index contributed by atoms with van der Waals surface area (Å²) in [6.07, 6.45) is 7.57. The number of rotatable bonds is 8. The van der Waals surface area contributed by atoms with Crippen LogP contribution in [0, 0.1) is 5.41 Å². The summed E-state index contributed by atoms with van der Waals surface area (Å²) in [4.78, 5) is 52.1. The van der Waals surface area contributed by atoms with Gasteiger partial charge in [0.25, 0.3) is 0 Å². The molecule has 1 aliphatic heterocycles. The molecule has 1 aliphatic carbocycles. The quantitative estimate of drug-likeness (QED) is 0.557. The lowest BCUT2D eigenvalue weighted by Gasteiger charge is -2.42. The molecule has 3 atom stereocenters. The van der Waals surface area contributed by atoms with Crippen molar-refractivity contribution in [3.63, 3.8) is 0 Å². The summed E-state index contributed by atoms with van der Waals surface area (Å²) in [5, 5.41) is 8.25. The molecule has 1 saturated carbocycles. The average Bonchev–Trinajstić information content (AvgIpc) is 3.21. The van der Waals surface area contributed by atoms with Gasteiger partial charge in [-0.15, -0.1) is 0 Å². The lowest BCUT2D eigenvalue weighted by molar-refractivity contribution is -0.143. The van der Waals surface area contributed by atoms with Crippen molar-refractivity contribution in [1.82, 2.24) is 20.9 Å². The molecule has 3 unspecified atom stereocenters. The third kappa shape index (κ3) is 5.73. The van der Waals surface area contributed by atoms with Crippen LogP contribution in [-0.4, -0.2) is 60.2 Å². The fraction of sp³-hybridized carbons (Fsp3) is 0.818. The number of amides is 4. The third-order valence-electron chi connectivity index (χ3n) is 6.67. The van der Waals surface area contributed by atoms with Crippen molar-refractivity contribution >= 4 is 23.6 Å². The van der Waals surface area contributed by atoms with Crippen LogP contribution in [0.2, 0.25) is 0 Å². The van der Waals surface area contributed by atoms with Crippen LogP contribution < -0.4 is 16.0 Å². The molecule has 8 heteroatoms. The van der Waals surface area contributed by atoms with Crippen molar-refractivity contribution in [1.29, 1.82) is 0 Å². The zero-order valence-electron chi connectivity index (χ0n) is 18.9. The van der Waals surface area contributed by atoms with Crippen LogP contribution in [0.4, 0.5) is 4.79 Å². The van der Waals surface area contributed by atoms with Gasteiger partial charge in [-0.25, -0.2) is 4.79 Å². The molecule has 4 amide bonds. The number of hydrogen-bond donors (Lipinski definition) is 3. The van der Waals surface area contributed by atoms with Crippen LogP contribution in [0.3, 0.4) is 0 Å². The smallest absolute Gasteiger partial charge is 0.315 e. The first kappa shape index (κ1) is 24.2. The first-order chi connectivity index (χ1) is 14.2. The third-order valence-corrected chi connectivity index (χ3v) is 6.67. The Morgan fingerprint density at radius 2 is 1.73 bits per heavy atom. The number of nitrogens with zero attached hydrogens (tertiary/aromatic N) is 1. The second kappa shape index (κ2) is 10.8. The number of hydrogen-bond acceptors (Lipinski definition) is 4. The van der Waals surface area contributed by atoms with E-state index in [2.05, 4.69) is 22.9 Å². The summed E-state index contributed by atoms with van der Waals surface area (Å²) >= 11 is 0. The van der Waals surface area contributed by atoms with E-state index < -0.39 is 18.1 Å². The monoisotopic (exact) mass is 422 g/mol. The van der Waals surface area contributed by atoms with Crippen LogP contribution >= 0.6 is 0 Å². The Morgan fingerprint density at radius 3 is 2.30 bits per heavy atom. The van der Waals surface area contributed by atoms with Crippen LogP contribution in [0.5, 0.6) is 0 Å². The SMILES string of the molecule is CCCC(NC(=O)C1CCCN1C(=O)C(NC(=O)NC)C1(C)CCCCC1)C(C)=O. The molecule has 2 fully saturated rings. The number of ketones is 1. The molecule has 8 nitrogen and oxygen atoms in total. The Hall–Kier alpha value is -2.12. The standard InChI is InChI=1S/C22H38N4O4/c1-5-10-16(15(2)27)24-19(28)17-11-9-14-26(17)20(29)18(25-21(30)23-4)22(3)12-7-6-8-13-22/h16-18H,5-14H2,1-4H3,(H,24,28)(H2,23,25,30). The van der Waals surface area contributed by atoms with E-state index in [9.17, 15) is 19.2 Å². The van der Waals surface area contributed by atoms with Crippen molar-refractivity contribution in [2.24, 2.45) is 5.41 Å². The predicted molar refractivity (Wildman–Crippen MR) is 115 cm³/mol. The molecule has 1 heterocycles. The van der Waals surface area contributed by atoms with E-state index in [-0.39, 0.29) is 29.0 Å². The highest BCUT2D eigenvalue weighted by Gasteiger charge is 2.46. The van der Waals surface area contributed by atoms with Crippen molar-refractivity contribution in [2.75, 3.05) is 13.6 Å². The van der Waals surface area contributed by atoms with Gasteiger partial charge in [-0.3, -0.25) is 14.4 Å². The summed E-state index contributed by atoms with van der Waals surface area (Å²) in [5.41, 5.74) is -0.338. The molecule has 0 aromatic rings. The normalized spacial score (nSPS) is 22.7. The number of carbonyl (C=O) groups excluding carboxylic acids is 4. The van der Waals surface area contributed by atoms with E-state index in [1.54, 1.807) is 4.90 Å². The second-order valence-electron chi connectivity index (χ2n) is 9.02. The summed E-state index contributed by atoms with van der Waals surface area (Å²) in [6.45, 7) is 5.99. The lowest BCUT2D eigenvalue weighted by atomic mass is 9.70. The maximum absolute atomic E-state index is 13.6. The van der Waals surface area contributed by atoms with E-state index in [0.717, 1.165) is 44.9 Å². The van der Waals surface area contributed by atoms with Gasteiger partial charge in [-0.2, -0.15) is 0 Å². The zero-order valence-corrected chi connectivity index (χ0v) is 18.9. The van der Waals surface area contributed by atoms with Gasteiger partial charge >= 0.3 is 6.03 Å².